The summed E-state index contributed by atoms with van der Waals surface area (Å²) in [5, 5.41) is 2.33. The van der Waals surface area contributed by atoms with Gasteiger partial charge in [-0.25, -0.2) is 9.78 Å². The fourth-order valence-corrected chi connectivity index (χ4v) is 2.20. The number of nitrogens with zero attached hydrogens (tertiary/aromatic N) is 1. The van der Waals surface area contributed by atoms with Crippen LogP contribution in [0.1, 0.15) is 0 Å². The zero-order valence-electron chi connectivity index (χ0n) is 9.12. The molecule has 0 aliphatic carbocycles. The number of hydrogen-bond acceptors (Lipinski definition) is 4. The van der Waals surface area contributed by atoms with Gasteiger partial charge in [-0.1, -0.05) is 11.6 Å². The van der Waals surface area contributed by atoms with Crippen LogP contribution in [0.2, 0.25) is 5.02 Å². The molecule has 2 aromatic rings. The summed E-state index contributed by atoms with van der Waals surface area (Å²) in [6.45, 7) is -1.66. The highest BCUT2D eigenvalue weighted by Crippen LogP contribution is 2.32. The van der Waals surface area contributed by atoms with Gasteiger partial charge in [-0.3, -0.25) is 5.32 Å². The van der Waals surface area contributed by atoms with Gasteiger partial charge in [0.1, 0.15) is 5.52 Å². The van der Waals surface area contributed by atoms with Gasteiger partial charge in [0.05, 0.1) is 20.9 Å². The van der Waals surface area contributed by atoms with Gasteiger partial charge in [-0.2, -0.15) is 13.2 Å². The average molecular weight is 311 g/mol. The predicted octanol–water partition coefficient (Wildman–Crippen LogP) is 4.06. The van der Waals surface area contributed by atoms with Crippen LogP contribution in [-0.2, 0) is 4.74 Å². The van der Waals surface area contributed by atoms with Crippen LogP contribution in [0.4, 0.5) is 23.7 Å². The highest BCUT2D eigenvalue weighted by Gasteiger charge is 2.29. The normalized spacial score (nSPS) is 11.6. The topological polar surface area (TPSA) is 51.2 Å². The second-order valence-electron chi connectivity index (χ2n) is 3.44. The molecule has 0 atom stereocenters. The number of ether oxygens (including phenoxy) is 1. The molecule has 4 nitrogen and oxygen atoms in total. The van der Waals surface area contributed by atoms with Crippen molar-refractivity contribution in [2.45, 2.75) is 6.18 Å². The number of amides is 1. The van der Waals surface area contributed by atoms with Gasteiger partial charge in [0, 0.05) is 0 Å². The summed E-state index contributed by atoms with van der Waals surface area (Å²) in [6, 6.07) is 3.21. The van der Waals surface area contributed by atoms with E-state index in [9.17, 15) is 18.0 Å². The minimum absolute atomic E-state index is 0.132. The Bertz CT molecular complexity index is 614. The van der Waals surface area contributed by atoms with E-state index < -0.39 is 18.9 Å². The van der Waals surface area contributed by atoms with E-state index in [0.717, 1.165) is 4.70 Å². The second-order valence-corrected chi connectivity index (χ2v) is 4.73. The number of fused-ring (bicyclic) bond motifs is 1. The van der Waals surface area contributed by atoms with Crippen molar-refractivity contribution in [2.75, 3.05) is 11.9 Å². The van der Waals surface area contributed by atoms with Crippen molar-refractivity contribution in [2.24, 2.45) is 0 Å². The summed E-state index contributed by atoms with van der Waals surface area (Å²) in [6.07, 6.45) is -5.81. The zero-order chi connectivity index (χ0) is 14.0. The van der Waals surface area contributed by atoms with Crippen LogP contribution in [0.25, 0.3) is 10.2 Å². The molecule has 0 aliphatic rings. The summed E-state index contributed by atoms with van der Waals surface area (Å²) in [4.78, 5) is 15.2. The van der Waals surface area contributed by atoms with E-state index in [-0.39, 0.29) is 10.7 Å². The maximum absolute atomic E-state index is 11.9. The number of alkyl halides is 3. The summed E-state index contributed by atoms with van der Waals surface area (Å²) in [5.41, 5.74) is 2.07. The molecule has 0 radical (unpaired) electrons. The molecule has 19 heavy (non-hydrogen) atoms. The number of carbonyl (C=O) groups excluding carboxylic acids is 1. The summed E-state index contributed by atoms with van der Waals surface area (Å²) >= 11 is 7.18. The van der Waals surface area contributed by atoms with E-state index >= 15 is 0 Å². The van der Waals surface area contributed by atoms with Gasteiger partial charge in [-0.05, 0) is 12.1 Å². The van der Waals surface area contributed by atoms with Crippen molar-refractivity contribution in [1.82, 2.24) is 4.98 Å². The number of halogens is 4. The molecule has 1 N–H and O–H groups in total. The summed E-state index contributed by atoms with van der Waals surface area (Å²) < 4.78 is 40.5. The van der Waals surface area contributed by atoms with Crippen LogP contribution in [-0.4, -0.2) is 23.9 Å². The summed E-state index contributed by atoms with van der Waals surface area (Å²) in [7, 11) is 0. The molecule has 1 aromatic carbocycles. The minimum Gasteiger partial charge on any atom is -0.440 e. The third-order valence-electron chi connectivity index (χ3n) is 2.05. The molecule has 0 bridgehead atoms. The van der Waals surface area contributed by atoms with Gasteiger partial charge in [-0.15, -0.1) is 11.3 Å². The Morgan fingerprint density at radius 3 is 2.89 bits per heavy atom. The largest absolute Gasteiger partial charge is 0.440 e. The third kappa shape index (κ3) is 3.48. The number of rotatable bonds is 2. The Labute approximate surface area is 114 Å². The number of anilines is 1. The van der Waals surface area contributed by atoms with Crippen LogP contribution >= 0.6 is 22.9 Å². The fourth-order valence-electron chi connectivity index (χ4n) is 1.31. The molecule has 0 aliphatic heterocycles. The van der Waals surface area contributed by atoms with Gasteiger partial charge in [0.15, 0.2) is 6.61 Å². The molecule has 9 heteroatoms. The van der Waals surface area contributed by atoms with Gasteiger partial charge in [0.2, 0.25) is 0 Å². The van der Waals surface area contributed by atoms with E-state index in [4.69, 9.17) is 11.6 Å². The van der Waals surface area contributed by atoms with Crippen LogP contribution in [0.3, 0.4) is 0 Å². The van der Waals surface area contributed by atoms with Gasteiger partial charge >= 0.3 is 12.3 Å². The lowest BCUT2D eigenvalue weighted by Crippen LogP contribution is -2.23. The maximum Gasteiger partial charge on any atom is 0.422 e. The van der Waals surface area contributed by atoms with Crippen LogP contribution in [0.15, 0.2) is 17.6 Å². The number of nitrogens with one attached hydrogen (secondary N) is 1. The molecule has 1 heterocycles. The van der Waals surface area contributed by atoms with Crippen molar-refractivity contribution in [3.8, 4) is 0 Å². The zero-order valence-corrected chi connectivity index (χ0v) is 10.7. The molecule has 2 rings (SSSR count). The van der Waals surface area contributed by atoms with Crippen molar-refractivity contribution in [3.05, 3.63) is 22.7 Å². The predicted molar refractivity (Wildman–Crippen MR) is 65.7 cm³/mol. The molecule has 0 saturated carbocycles. The lowest BCUT2D eigenvalue weighted by Gasteiger charge is -2.10. The second kappa shape index (κ2) is 5.22. The molecular formula is C10H6ClF3N2O2S. The van der Waals surface area contributed by atoms with Gasteiger partial charge in [0.25, 0.3) is 0 Å². The van der Waals surface area contributed by atoms with Gasteiger partial charge < -0.3 is 4.74 Å². The first-order valence-corrected chi connectivity index (χ1v) is 6.15. The summed E-state index contributed by atoms with van der Waals surface area (Å²) in [5.74, 6) is 0. The van der Waals surface area contributed by atoms with E-state index in [1.165, 1.54) is 22.9 Å². The lowest BCUT2D eigenvalue weighted by molar-refractivity contribution is -0.159. The highest BCUT2D eigenvalue weighted by atomic mass is 35.5. The Morgan fingerprint density at radius 2 is 2.21 bits per heavy atom. The molecule has 1 aromatic heterocycles. The first-order chi connectivity index (χ1) is 8.87. The highest BCUT2D eigenvalue weighted by molar-refractivity contribution is 7.16. The SMILES string of the molecule is O=C(Nc1c(Cl)ccc2scnc12)OCC(F)(F)F. The quantitative estimate of drug-likeness (QED) is 0.910. The molecule has 0 unspecified atom stereocenters. The molecule has 0 fully saturated rings. The Morgan fingerprint density at radius 1 is 1.47 bits per heavy atom. The minimum atomic E-state index is -4.58. The van der Waals surface area contributed by atoms with E-state index in [2.05, 4.69) is 15.0 Å². The van der Waals surface area contributed by atoms with Crippen LogP contribution < -0.4 is 5.32 Å². The van der Waals surface area contributed by atoms with Crippen LogP contribution in [0.5, 0.6) is 0 Å². The number of thiazole rings is 1. The Kier molecular flexibility index (Phi) is 3.81. The molecular weight excluding hydrogens is 305 g/mol. The first kappa shape index (κ1) is 13.9. The third-order valence-corrected chi connectivity index (χ3v) is 3.15. The number of carbonyl (C=O) groups is 1. The number of hydrogen-bond donors (Lipinski definition) is 1. The maximum atomic E-state index is 11.9. The van der Waals surface area contributed by atoms with Crippen molar-refractivity contribution < 1.29 is 22.7 Å². The van der Waals surface area contributed by atoms with E-state index in [1.807, 2.05) is 0 Å². The Hall–Kier alpha value is -1.54. The monoisotopic (exact) mass is 310 g/mol. The van der Waals surface area contributed by atoms with Crippen molar-refractivity contribution >= 4 is 44.9 Å². The van der Waals surface area contributed by atoms with Crippen LogP contribution in [0, 0.1) is 0 Å². The molecule has 102 valence electrons. The van der Waals surface area contributed by atoms with Crippen molar-refractivity contribution in [3.63, 3.8) is 0 Å². The van der Waals surface area contributed by atoms with E-state index in [1.54, 1.807) is 6.07 Å². The number of aromatic nitrogens is 1. The fraction of sp³-hybridized carbons (Fsp3) is 0.200. The molecule has 0 saturated heterocycles. The average Bonchev–Trinajstić information content (AvgIpc) is 2.78. The number of benzene rings is 1. The molecule has 1 amide bonds. The molecule has 0 spiro atoms. The van der Waals surface area contributed by atoms with Crippen molar-refractivity contribution in [1.29, 1.82) is 0 Å². The standard InChI is InChI=1S/C10H6ClF3N2O2S/c11-5-1-2-6-8(15-4-19-6)7(5)16-9(17)18-3-10(12,13)14/h1-2,4H,3H2,(H,16,17). The van der Waals surface area contributed by atoms with E-state index in [0.29, 0.717) is 5.52 Å². The Balaban J connectivity index is 2.15. The lowest BCUT2D eigenvalue weighted by atomic mass is 10.3. The smallest absolute Gasteiger partial charge is 0.422 e. The first-order valence-electron chi connectivity index (χ1n) is 4.89.